The molecule has 174 valence electrons. The van der Waals surface area contributed by atoms with Crippen molar-refractivity contribution in [2.24, 2.45) is 4.99 Å². The van der Waals surface area contributed by atoms with Crippen molar-refractivity contribution in [1.82, 2.24) is 4.98 Å². The summed E-state index contributed by atoms with van der Waals surface area (Å²) < 4.78 is 0. The van der Waals surface area contributed by atoms with E-state index in [1.54, 1.807) is 0 Å². The molecule has 0 atom stereocenters. The van der Waals surface area contributed by atoms with Gasteiger partial charge in [0.25, 0.3) is 0 Å². The van der Waals surface area contributed by atoms with Gasteiger partial charge in [-0.2, -0.15) is 0 Å². The molecule has 2 heteroatoms. The molecule has 0 saturated carbocycles. The van der Waals surface area contributed by atoms with Crippen LogP contribution in [0.25, 0.3) is 34.2 Å². The molecule has 0 unspecified atom stereocenters. The highest BCUT2D eigenvalue weighted by Crippen LogP contribution is 2.37. The van der Waals surface area contributed by atoms with Gasteiger partial charge in [0.2, 0.25) is 0 Å². The molecule has 2 nitrogen and oxygen atoms in total. The van der Waals surface area contributed by atoms with E-state index in [0.29, 0.717) is 0 Å². The van der Waals surface area contributed by atoms with Crippen LogP contribution in [0.15, 0.2) is 108 Å². The van der Waals surface area contributed by atoms with Crippen molar-refractivity contribution in [3.63, 3.8) is 0 Å². The van der Waals surface area contributed by atoms with Gasteiger partial charge in [-0.3, -0.25) is 0 Å². The van der Waals surface area contributed by atoms with Crippen molar-refractivity contribution >= 4 is 17.5 Å². The Bertz CT molecular complexity index is 1610. The Kier molecular flexibility index (Phi) is 5.50. The number of aliphatic imine (C=N–C) groups is 1. The number of H-pyrrole nitrogens is 1. The number of rotatable bonds is 4. The van der Waals surface area contributed by atoms with E-state index in [2.05, 4.69) is 129 Å². The Morgan fingerprint density at radius 1 is 0.583 bits per heavy atom. The predicted molar refractivity (Wildman–Crippen MR) is 152 cm³/mol. The Morgan fingerprint density at radius 2 is 1.17 bits per heavy atom. The third-order valence-corrected chi connectivity index (χ3v) is 7.19. The summed E-state index contributed by atoms with van der Waals surface area (Å²) in [5.74, 6) is 0. The van der Waals surface area contributed by atoms with E-state index >= 15 is 0 Å². The van der Waals surface area contributed by atoms with Crippen molar-refractivity contribution in [1.29, 1.82) is 0 Å². The molecular formula is C34H28N2. The van der Waals surface area contributed by atoms with Crippen LogP contribution in [0.2, 0.25) is 0 Å². The molecule has 4 aromatic carbocycles. The number of fused-ring (bicyclic) bond motifs is 1. The lowest BCUT2D eigenvalue weighted by Crippen LogP contribution is -2.03. The van der Waals surface area contributed by atoms with Gasteiger partial charge in [0.1, 0.15) is 0 Å². The second-order valence-corrected chi connectivity index (χ2v) is 9.51. The van der Waals surface area contributed by atoms with Gasteiger partial charge in [0.15, 0.2) is 0 Å². The minimum atomic E-state index is 0.982. The van der Waals surface area contributed by atoms with Gasteiger partial charge in [-0.05, 0) is 72.9 Å². The SMILES string of the molecule is Cc1cc(C2=N/C(=C\c3[nH]c(-c4ccccc4)cc3-c3ccccc3)c3ccccc32)cc(C)c1C. The maximum atomic E-state index is 5.21. The van der Waals surface area contributed by atoms with Gasteiger partial charge in [-0.1, -0.05) is 84.9 Å². The quantitative estimate of drug-likeness (QED) is 0.276. The molecule has 1 N–H and O–H groups in total. The van der Waals surface area contributed by atoms with Crippen molar-refractivity contribution in [2.75, 3.05) is 0 Å². The van der Waals surface area contributed by atoms with Gasteiger partial charge in [-0.15, -0.1) is 0 Å². The molecule has 2 heterocycles. The topological polar surface area (TPSA) is 28.1 Å². The Balaban J connectivity index is 1.53. The average Bonchev–Trinajstić information content (AvgIpc) is 3.50. The normalized spacial score (nSPS) is 13.6. The number of nitrogens with zero attached hydrogens (tertiary/aromatic N) is 1. The zero-order valence-corrected chi connectivity index (χ0v) is 20.8. The molecule has 0 saturated heterocycles. The first kappa shape index (κ1) is 22.1. The van der Waals surface area contributed by atoms with E-state index in [-0.39, 0.29) is 0 Å². The molecule has 0 bridgehead atoms. The standard InChI is InChI=1S/C34H28N2/c1-22-18-27(19-23(2)24(22)3)34-29-17-11-10-16-28(29)32(36-34)21-33-30(25-12-6-4-7-13-25)20-31(35-33)26-14-8-5-9-15-26/h4-21,35H,1-3H3/b32-21-. The molecule has 0 aliphatic carbocycles. The zero-order chi connectivity index (χ0) is 24.6. The Hall–Kier alpha value is -4.43. The highest BCUT2D eigenvalue weighted by atomic mass is 14.8. The molecule has 0 radical (unpaired) electrons. The maximum absolute atomic E-state index is 5.21. The van der Waals surface area contributed by atoms with Gasteiger partial charge in [-0.25, -0.2) is 4.99 Å². The number of nitrogens with one attached hydrogen (secondary N) is 1. The lowest BCUT2D eigenvalue weighted by atomic mass is 9.94. The molecular weight excluding hydrogens is 436 g/mol. The Labute approximate surface area is 212 Å². The summed E-state index contributed by atoms with van der Waals surface area (Å²) in [6.07, 6.45) is 2.20. The van der Waals surface area contributed by atoms with Crippen LogP contribution in [0.5, 0.6) is 0 Å². The highest BCUT2D eigenvalue weighted by molar-refractivity contribution is 6.21. The lowest BCUT2D eigenvalue weighted by Gasteiger charge is -2.09. The van der Waals surface area contributed by atoms with Crippen LogP contribution in [0.1, 0.15) is 39.1 Å². The first-order valence-electron chi connectivity index (χ1n) is 12.4. The summed E-state index contributed by atoms with van der Waals surface area (Å²) in [4.78, 5) is 8.90. The Morgan fingerprint density at radius 3 is 1.83 bits per heavy atom. The minimum Gasteiger partial charge on any atom is -0.354 e. The molecule has 5 aromatic rings. The predicted octanol–water partition coefficient (Wildman–Crippen LogP) is 8.62. The molecule has 0 amide bonds. The third kappa shape index (κ3) is 3.91. The van der Waals surface area contributed by atoms with Crippen molar-refractivity contribution < 1.29 is 0 Å². The summed E-state index contributed by atoms with van der Waals surface area (Å²) >= 11 is 0. The fourth-order valence-corrected chi connectivity index (χ4v) is 5.01. The van der Waals surface area contributed by atoms with Crippen molar-refractivity contribution in [2.45, 2.75) is 20.8 Å². The first-order valence-corrected chi connectivity index (χ1v) is 12.4. The van der Waals surface area contributed by atoms with Gasteiger partial charge >= 0.3 is 0 Å². The van der Waals surface area contributed by atoms with Gasteiger partial charge in [0, 0.05) is 33.6 Å². The number of aromatic nitrogens is 1. The van der Waals surface area contributed by atoms with Gasteiger partial charge < -0.3 is 4.98 Å². The summed E-state index contributed by atoms with van der Waals surface area (Å²) in [7, 11) is 0. The number of aromatic amines is 1. The molecule has 1 aromatic heterocycles. The van der Waals surface area contributed by atoms with Gasteiger partial charge in [0.05, 0.1) is 11.4 Å². The monoisotopic (exact) mass is 464 g/mol. The molecule has 36 heavy (non-hydrogen) atoms. The number of hydrogen-bond acceptors (Lipinski definition) is 1. The number of aryl methyl sites for hydroxylation is 2. The second-order valence-electron chi connectivity index (χ2n) is 9.51. The molecule has 0 fully saturated rings. The lowest BCUT2D eigenvalue weighted by molar-refractivity contribution is 1.26. The van der Waals surface area contributed by atoms with Crippen LogP contribution in [0.4, 0.5) is 0 Å². The van der Waals surface area contributed by atoms with E-state index in [9.17, 15) is 0 Å². The molecule has 1 aliphatic heterocycles. The van der Waals surface area contributed by atoms with E-state index in [4.69, 9.17) is 4.99 Å². The van der Waals surface area contributed by atoms with Crippen LogP contribution < -0.4 is 0 Å². The average molecular weight is 465 g/mol. The fourth-order valence-electron chi connectivity index (χ4n) is 5.01. The number of benzene rings is 4. The maximum Gasteiger partial charge on any atom is 0.0788 e. The van der Waals surface area contributed by atoms with E-state index in [0.717, 1.165) is 22.8 Å². The molecule has 6 rings (SSSR count). The second kappa shape index (κ2) is 8.98. The van der Waals surface area contributed by atoms with E-state index in [1.165, 1.54) is 50.1 Å². The third-order valence-electron chi connectivity index (χ3n) is 7.19. The first-order chi connectivity index (χ1) is 17.6. The largest absolute Gasteiger partial charge is 0.354 e. The van der Waals surface area contributed by atoms with Crippen LogP contribution in [0, 0.1) is 20.8 Å². The summed E-state index contributed by atoms with van der Waals surface area (Å²) in [5, 5.41) is 0. The van der Waals surface area contributed by atoms with E-state index in [1.807, 2.05) is 6.07 Å². The van der Waals surface area contributed by atoms with Crippen LogP contribution in [-0.4, -0.2) is 10.7 Å². The van der Waals surface area contributed by atoms with Crippen molar-refractivity contribution in [3.05, 3.63) is 142 Å². The van der Waals surface area contributed by atoms with Crippen molar-refractivity contribution in [3.8, 4) is 22.4 Å². The smallest absolute Gasteiger partial charge is 0.0788 e. The summed E-state index contributed by atoms with van der Waals surface area (Å²) in [5.41, 5.74) is 15.2. The fraction of sp³-hybridized carbons (Fsp3) is 0.0882. The molecule has 1 aliphatic rings. The van der Waals surface area contributed by atoms with Crippen LogP contribution in [-0.2, 0) is 0 Å². The summed E-state index contributed by atoms with van der Waals surface area (Å²) in [6.45, 7) is 6.55. The minimum absolute atomic E-state index is 0.982. The van der Waals surface area contributed by atoms with E-state index < -0.39 is 0 Å². The zero-order valence-electron chi connectivity index (χ0n) is 20.8. The summed E-state index contributed by atoms with van der Waals surface area (Å²) in [6, 6.07) is 36.4. The highest BCUT2D eigenvalue weighted by Gasteiger charge is 2.23. The van der Waals surface area contributed by atoms with Crippen LogP contribution in [0.3, 0.4) is 0 Å². The number of hydrogen-bond donors (Lipinski definition) is 1. The van der Waals surface area contributed by atoms with Crippen LogP contribution >= 0.6 is 0 Å². The molecule has 0 spiro atoms.